The van der Waals surface area contributed by atoms with Crippen molar-refractivity contribution >= 4 is 5.91 Å². The summed E-state index contributed by atoms with van der Waals surface area (Å²) in [5, 5.41) is 3.03. The van der Waals surface area contributed by atoms with Crippen molar-refractivity contribution in [2.75, 3.05) is 0 Å². The van der Waals surface area contributed by atoms with Gasteiger partial charge in [-0.05, 0) is 30.9 Å². The van der Waals surface area contributed by atoms with Gasteiger partial charge in [0, 0.05) is 12.5 Å². The molecule has 1 aliphatic rings. The van der Waals surface area contributed by atoms with E-state index in [1.807, 2.05) is 31.2 Å². The highest BCUT2D eigenvalue weighted by molar-refractivity contribution is 5.81. The maximum atomic E-state index is 11.6. The number of nitrogens with one attached hydrogen (secondary N) is 1. The molecule has 1 aliphatic carbocycles. The zero-order valence-electron chi connectivity index (χ0n) is 9.57. The SMILES string of the molecule is CC(NC(=O)C1CC1)c1ccc(CN)cc1. The van der Waals surface area contributed by atoms with Gasteiger partial charge in [0.1, 0.15) is 0 Å². The van der Waals surface area contributed by atoms with Crippen LogP contribution in [0.2, 0.25) is 0 Å². The lowest BCUT2D eigenvalue weighted by Crippen LogP contribution is -2.27. The van der Waals surface area contributed by atoms with E-state index in [0.717, 1.165) is 24.0 Å². The van der Waals surface area contributed by atoms with E-state index in [4.69, 9.17) is 5.73 Å². The fourth-order valence-electron chi connectivity index (χ4n) is 1.70. The Bertz CT molecular complexity index is 368. The van der Waals surface area contributed by atoms with E-state index >= 15 is 0 Å². The maximum absolute atomic E-state index is 11.6. The van der Waals surface area contributed by atoms with Crippen LogP contribution < -0.4 is 11.1 Å². The first-order chi connectivity index (χ1) is 7.70. The fourth-order valence-corrected chi connectivity index (χ4v) is 1.70. The summed E-state index contributed by atoms with van der Waals surface area (Å²) in [5.74, 6) is 0.459. The summed E-state index contributed by atoms with van der Waals surface area (Å²) < 4.78 is 0. The highest BCUT2D eigenvalue weighted by Gasteiger charge is 2.30. The molecule has 16 heavy (non-hydrogen) atoms. The average molecular weight is 218 g/mol. The summed E-state index contributed by atoms with van der Waals surface area (Å²) in [6.07, 6.45) is 2.09. The molecule has 2 rings (SSSR count). The lowest BCUT2D eigenvalue weighted by Gasteiger charge is -2.14. The highest BCUT2D eigenvalue weighted by Crippen LogP contribution is 2.29. The number of amides is 1. The second kappa shape index (κ2) is 4.66. The summed E-state index contributed by atoms with van der Waals surface area (Å²) in [6.45, 7) is 2.57. The van der Waals surface area contributed by atoms with Gasteiger partial charge in [-0.3, -0.25) is 4.79 Å². The Balaban J connectivity index is 1.96. The molecule has 1 atom stereocenters. The summed E-state index contributed by atoms with van der Waals surface area (Å²) >= 11 is 0. The van der Waals surface area contributed by atoms with Crippen LogP contribution in [0.5, 0.6) is 0 Å². The molecule has 1 fully saturated rings. The molecule has 0 bridgehead atoms. The smallest absolute Gasteiger partial charge is 0.223 e. The number of hydrogen-bond acceptors (Lipinski definition) is 2. The van der Waals surface area contributed by atoms with E-state index < -0.39 is 0 Å². The maximum Gasteiger partial charge on any atom is 0.223 e. The van der Waals surface area contributed by atoms with Gasteiger partial charge in [-0.1, -0.05) is 24.3 Å². The van der Waals surface area contributed by atoms with E-state index in [-0.39, 0.29) is 17.9 Å². The molecular weight excluding hydrogens is 200 g/mol. The summed E-state index contributed by atoms with van der Waals surface area (Å²) in [5.41, 5.74) is 7.78. The molecule has 3 heteroatoms. The molecule has 0 aromatic heterocycles. The minimum atomic E-state index is 0.0833. The standard InChI is InChI=1S/C13H18N2O/c1-9(15-13(16)12-6-7-12)11-4-2-10(8-14)3-5-11/h2-5,9,12H,6-8,14H2,1H3,(H,15,16). The summed E-state index contributed by atoms with van der Waals surface area (Å²) in [7, 11) is 0. The Labute approximate surface area is 96.0 Å². The van der Waals surface area contributed by atoms with Gasteiger partial charge in [-0.2, -0.15) is 0 Å². The summed E-state index contributed by atoms with van der Waals surface area (Å²) in [6, 6.07) is 8.16. The van der Waals surface area contributed by atoms with Crippen LogP contribution in [-0.2, 0) is 11.3 Å². The minimum Gasteiger partial charge on any atom is -0.349 e. The van der Waals surface area contributed by atoms with Gasteiger partial charge in [0.05, 0.1) is 6.04 Å². The molecular formula is C13H18N2O. The van der Waals surface area contributed by atoms with E-state index in [1.165, 1.54) is 0 Å². The molecule has 1 aromatic rings. The molecule has 0 saturated heterocycles. The molecule has 0 aliphatic heterocycles. The normalized spacial score (nSPS) is 16.9. The minimum absolute atomic E-state index is 0.0833. The zero-order valence-corrected chi connectivity index (χ0v) is 9.57. The van der Waals surface area contributed by atoms with Crippen molar-refractivity contribution in [1.82, 2.24) is 5.32 Å². The fraction of sp³-hybridized carbons (Fsp3) is 0.462. The Kier molecular flexibility index (Phi) is 3.25. The van der Waals surface area contributed by atoms with Crippen molar-refractivity contribution in [3.05, 3.63) is 35.4 Å². The Morgan fingerprint density at radius 3 is 2.56 bits per heavy atom. The third-order valence-electron chi connectivity index (χ3n) is 3.02. The number of carbonyl (C=O) groups excluding carboxylic acids is 1. The monoisotopic (exact) mass is 218 g/mol. The van der Waals surface area contributed by atoms with Crippen molar-refractivity contribution in [2.24, 2.45) is 11.7 Å². The van der Waals surface area contributed by atoms with E-state index in [0.29, 0.717) is 6.54 Å². The van der Waals surface area contributed by atoms with Crippen LogP contribution in [0.3, 0.4) is 0 Å². The second-order valence-electron chi connectivity index (χ2n) is 4.45. The highest BCUT2D eigenvalue weighted by atomic mass is 16.2. The van der Waals surface area contributed by atoms with Gasteiger partial charge in [-0.25, -0.2) is 0 Å². The Morgan fingerprint density at radius 1 is 1.44 bits per heavy atom. The van der Waals surface area contributed by atoms with Crippen LogP contribution in [0.15, 0.2) is 24.3 Å². The predicted molar refractivity (Wildman–Crippen MR) is 63.6 cm³/mol. The summed E-state index contributed by atoms with van der Waals surface area (Å²) in [4.78, 5) is 11.6. The van der Waals surface area contributed by atoms with Crippen LogP contribution in [-0.4, -0.2) is 5.91 Å². The lowest BCUT2D eigenvalue weighted by molar-refractivity contribution is -0.122. The van der Waals surface area contributed by atoms with Gasteiger partial charge in [-0.15, -0.1) is 0 Å². The van der Waals surface area contributed by atoms with Gasteiger partial charge >= 0.3 is 0 Å². The molecule has 1 aromatic carbocycles. The topological polar surface area (TPSA) is 55.1 Å². The largest absolute Gasteiger partial charge is 0.349 e. The van der Waals surface area contributed by atoms with Crippen LogP contribution in [0, 0.1) is 5.92 Å². The van der Waals surface area contributed by atoms with E-state index in [2.05, 4.69) is 5.32 Å². The van der Waals surface area contributed by atoms with Crippen molar-refractivity contribution in [3.63, 3.8) is 0 Å². The molecule has 1 saturated carbocycles. The third-order valence-corrected chi connectivity index (χ3v) is 3.02. The molecule has 0 radical (unpaired) electrons. The second-order valence-corrected chi connectivity index (χ2v) is 4.45. The molecule has 1 unspecified atom stereocenters. The van der Waals surface area contributed by atoms with Crippen LogP contribution in [0.4, 0.5) is 0 Å². The van der Waals surface area contributed by atoms with Gasteiger partial charge in [0.15, 0.2) is 0 Å². The quantitative estimate of drug-likeness (QED) is 0.808. The van der Waals surface area contributed by atoms with E-state index in [9.17, 15) is 4.79 Å². The number of rotatable bonds is 4. The van der Waals surface area contributed by atoms with Crippen LogP contribution in [0.1, 0.15) is 36.9 Å². The predicted octanol–water partition coefficient (Wildman–Crippen LogP) is 1.73. The van der Waals surface area contributed by atoms with Crippen LogP contribution in [0.25, 0.3) is 0 Å². The van der Waals surface area contributed by atoms with Crippen molar-refractivity contribution in [1.29, 1.82) is 0 Å². The molecule has 3 nitrogen and oxygen atoms in total. The van der Waals surface area contributed by atoms with Crippen molar-refractivity contribution < 1.29 is 4.79 Å². The number of carbonyl (C=O) groups is 1. The van der Waals surface area contributed by atoms with Gasteiger partial charge in [0.25, 0.3) is 0 Å². The molecule has 86 valence electrons. The first-order valence-electron chi connectivity index (χ1n) is 5.80. The lowest BCUT2D eigenvalue weighted by atomic mass is 10.1. The van der Waals surface area contributed by atoms with Gasteiger partial charge < -0.3 is 11.1 Å². The Hall–Kier alpha value is -1.35. The number of hydrogen-bond donors (Lipinski definition) is 2. The molecule has 0 heterocycles. The van der Waals surface area contributed by atoms with Crippen molar-refractivity contribution in [3.8, 4) is 0 Å². The number of nitrogens with two attached hydrogens (primary N) is 1. The number of benzene rings is 1. The van der Waals surface area contributed by atoms with Crippen molar-refractivity contribution in [2.45, 2.75) is 32.4 Å². The third kappa shape index (κ3) is 2.61. The molecule has 0 spiro atoms. The molecule has 3 N–H and O–H groups in total. The van der Waals surface area contributed by atoms with E-state index in [1.54, 1.807) is 0 Å². The zero-order chi connectivity index (χ0) is 11.5. The molecule has 1 amide bonds. The Morgan fingerprint density at radius 2 is 2.06 bits per heavy atom. The average Bonchev–Trinajstić information content (AvgIpc) is 3.13. The van der Waals surface area contributed by atoms with Crippen LogP contribution >= 0.6 is 0 Å². The van der Waals surface area contributed by atoms with Gasteiger partial charge in [0.2, 0.25) is 5.91 Å². The first-order valence-corrected chi connectivity index (χ1v) is 5.80. The first kappa shape index (κ1) is 11.1.